The van der Waals surface area contributed by atoms with Crippen LogP contribution >= 0.6 is 0 Å². The molecule has 0 heterocycles. The maximum absolute atomic E-state index is 11.1. The van der Waals surface area contributed by atoms with Gasteiger partial charge in [-0.25, -0.2) is 0 Å². The van der Waals surface area contributed by atoms with Crippen LogP contribution in [0, 0.1) is 5.21 Å². The Morgan fingerprint density at radius 1 is 0.857 bits per heavy atom. The van der Waals surface area contributed by atoms with E-state index in [4.69, 9.17) is 0 Å². The Kier molecular flexibility index (Phi) is 15.1. The summed E-state index contributed by atoms with van der Waals surface area (Å²) in [4.78, 5) is 0. The van der Waals surface area contributed by atoms with Gasteiger partial charge in [-0.3, -0.25) is 0 Å². The molecule has 0 aromatic carbocycles. The third-order valence-corrected chi connectivity index (χ3v) is 2.05. The molecular formula is C10H27NO3. The fraction of sp³-hybridized carbons (Fsp3) is 1.00. The Bertz CT molecular complexity index is 102. The summed E-state index contributed by atoms with van der Waals surface area (Å²) in [6.07, 6.45) is 7.58. The quantitative estimate of drug-likeness (QED) is 0.353. The normalized spacial score (nSPS) is 10.3. The number of rotatable bonds is 7. The zero-order valence-electron chi connectivity index (χ0n) is 9.81. The van der Waals surface area contributed by atoms with E-state index in [9.17, 15) is 5.21 Å². The zero-order chi connectivity index (χ0) is 9.45. The SMILES string of the molecule is CCCCCCCC[N+](C)(C)[O-].O.O. The molecular weight excluding hydrogens is 182 g/mol. The molecule has 0 atom stereocenters. The smallest absolute Gasteiger partial charge is 0.0779 e. The third-order valence-electron chi connectivity index (χ3n) is 2.05. The van der Waals surface area contributed by atoms with Crippen LogP contribution < -0.4 is 0 Å². The van der Waals surface area contributed by atoms with E-state index in [1.807, 2.05) is 0 Å². The Hall–Kier alpha value is -0.160. The van der Waals surface area contributed by atoms with Crippen LogP contribution in [0.5, 0.6) is 0 Å². The highest BCUT2D eigenvalue weighted by molar-refractivity contribution is 4.43. The highest BCUT2D eigenvalue weighted by Crippen LogP contribution is 2.06. The van der Waals surface area contributed by atoms with Crippen LogP contribution in [-0.4, -0.2) is 36.2 Å². The average molecular weight is 209 g/mol. The molecule has 0 aromatic heterocycles. The van der Waals surface area contributed by atoms with Gasteiger partial charge in [0.1, 0.15) is 0 Å². The maximum atomic E-state index is 11.1. The Balaban J connectivity index is -0.000000605. The summed E-state index contributed by atoms with van der Waals surface area (Å²) in [5.74, 6) is 0. The van der Waals surface area contributed by atoms with Gasteiger partial charge in [-0.05, 0) is 12.8 Å². The summed E-state index contributed by atoms with van der Waals surface area (Å²) in [6, 6.07) is 0. The second-order valence-corrected chi connectivity index (χ2v) is 4.07. The minimum atomic E-state index is -0.131. The van der Waals surface area contributed by atoms with Crippen molar-refractivity contribution in [2.45, 2.75) is 45.4 Å². The molecule has 0 spiro atoms. The third kappa shape index (κ3) is 17.8. The lowest BCUT2D eigenvalue weighted by Gasteiger charge is -2.33. The summed E-state index contributed by atoms with van der Waals surface area (Å²) in [5, 5.41) is 11.1. The zero-order valence-corrected chi connectivity index (χ0v) is 9.81. The average Bonchev–Trinajstić information content (AvgIpc) is 1.94. The first-order valence-corrected chi connectivity index (χ1v) is 5.10. The fourth-order valence-corrected chi connectivity index (χ4v) is 1.27. The van der Waals surface area contributed by atoms with Crippen molar-refractivity contribution in [3.05, 3.63) is 5.21 Å². The van der Waals surface area contributed by atoms with Gasteiger partial charge < -0.3 is 20.8 Å². The lowest BCUT2D eigenvalue weighted by atomic mass is 10.1. The maximum Gasteiger partial charge on any atom is 0.0779 e. The predicted molar refractivity (Wildman–Crippen MR) is 60.9 cm³/mol. The molecule has 0 amide bonds. The number of hydrogen-bond donors (Lipinski definition) is 0. The second kappa shape index (κ2) is 10.9. The van der Waals surface area contributed by atoms with Crippen LogP contribution in [0.2, 0.25) is 0 Å². The molecule has 0 rings (SSSR count). The molecule has 90 valence electrons. The summed E-state index contributed by atoms with van der Waals surface area (Å²) in [5.41, 5.74) is 0. The first kappa shape index (κ1) is 19.4. The standard InChI is InChI=1S/C10H23NO.2H2O/c1-4-5-6-7-8-9-10-11(2,3)12;;/h4-10H2,1-3H3;2*1H2. The van der Waals surface area contributed by atoms with Gasteiger partial charge >= 0.3 is 0 Å². The van der Waals surface area contributed by atoms with E-state index in [1.54, 1.807) is 14.1 Å². The van der Waals surface area contributed by atoms with Crippen molar-refractivity contribution in [2.24, 2.45) is 0 Å². The minimum absolute atomic E-state index is 0. The molecule has 0 bridgehead atoms. The highest BCUT2D eigenvalue weighted by Gasteiger charge is 1.99. The van der Waals surface area contributed by atoms with Gasteiger partial charge in [0.15, 0.2) is 0 Å². The molecule has 4 nitrogen and oxygen atoms in total. The molecule has 4 N–H and O–H groups in total. The number of quaternary nitrogens is 1. The predicted octanol–water partition coefficient (Wildman–Crippen LogP) is 1.27. The van der Waals surface area contributed by atoms with Gasteiger partial charge in [0, 0.05) is 0 Å². The Morgan fingerprint density at radius 3 is 1.71 bits per heavy atom. The summed E-state index contributed by atoms with van der Waals surface area (Å²) >= 11 is 0. The van der Waals surface area contributed by atoms with Crippen molar-refractivity contribution in [1.29, 1.82) is 0 Å². The molecule has 0 saturated heterocycles. The van der Waals surface area contributed by atoms with Crippen molar-refractivity contribution in [3.8, 4) is 0 Å². The van der Waals surface area contributed by atoms with Gasteiger partial charge in [-0.2, -0.15) is 0 Å². The molecule has 0 saturated carbocycles. The topological polar surface area (TPSA) is 86.1 Å². The van der Waals surface area contributed by atoms with Gasteiger partial charge in [-0.1, -0.05) is 32.6 Å². The van der Waals surface area contributed by atoms with Crippen molar-refractivity contribution in [2.75, 3.05) is 20.6 Å². The van der Waals surface area contributed by atoms with Crippen LogP contribution in [0.3, 0.4) is 0 Å². The molecule has 0 radical (unpaired) electrons. The van der Waals surface area contributed by atoms with Crippen molar-refractivity contribution >= 4 is 0 Å². The highest BCUT2D eigenvalue weighted by atomic mass is 16.5. The van der Waals surface area contributed by atoms with Gasteiger partial charge in [0.05, 0.1) is 20.6 Å². The van der Waals surface area contributed by atoms with Crippen LogP contribution in [0.15, 0.2) is 0 Å². The molecule has 0 aliphatic carbocycles. The van der Waals surface area contributed by atoms with Crippen molar-refractivity contribution in [3.63, 3.8) is 0 Å². The number of nitrogens with zero attached hydrogens (tertiary/aromatic N) is 1. The van der Waals surface area contributed by atoms with E-state index in [0.717, 1.165) is 13.0 Å². The van der Waals surface area contributed by atoms with E-state index >= 15 is 0 Å². The summed E-state index contributed by atoms with van der Waals surface area (Å²) in [7, 11) is 3.43. The largest absolute Gasteiger partial charge is 0.633 e. The van der Waals surface area contributed by atoms with Gasteiger partial charge in [0.2, 0.25) is 0 Å². The first-order chi connectivity index (χ1) is 5.56. The van der Waals surface area contributed by atoms with E-state index in [0.29, 0.717) is 0 Å². The summed E-state index contributed by atoms with van der Waals surface area (Å²) in [6.45, 7) is 2.99. The number of hydrogen-bond acceptors (Lipinski definition) is 1. The molecule has 4 heteroatoms. The van der Waals surface area contributed by atoms with Crippen LogP contribution in [0.25, 0.3) is 0 Å². The lowest BCUT2D eigenvalue weighted by Crippen LogP contribution is -2.32. The number of unbranched alkanes of at least 4 members (excludes halogenated alkanes) is 5. The summed E-state index contributed by atoms with van der Waals surface area (Å²) < 4.78 is -0.131. The van der Waals surface area contributed by atoms with Gasteiger partial charge in [0.25, 0.3) is 0 Å². The molecule has 0 aliphatic rings. The van der Waals surface area contributed by atoms with E-state index in [1.165, 1.54) is 32.1 Å². The first-order valence-electron chi connectivity index (χ1n) is 5.10. The van der Waals surface area contributed by atoms with Crippen LogP contribution in [0.1, 0.15) is 45.4 Å². The van der Waals surface area contributed by atoms with Crippen molar-refractivity contribution in [1.82, 2.24) is 0 Å². The second-order valence-electron chi connectivity index (χ2n) is 4.07. The van der Waals surface area contributed by atoms with Crippen LogP contribution in [-0.2, 0) is 0 Å². The van der Waals surface area contributed by atoms with Crippen LogP contribution in [0.4, 0.5) is 0 Å². The Labute approximate surface area is 87.7 Å². The lowest BCUT2D eigenvalue weighted by molar-refractivity contribution is -0.840. The fourth-order valence-electron chi connectivity index (χ4n) is 1.27. The monoisotopic (exact) mass is 209 g/mol. The van der Waals surface area contributed by atoms with E-state index in [-0.39, 0.29) is 15.6 Å². The molecule has 14 heavy (non-hydrogen) atoms. The Morgan fingerprint density at radius 2 is 1.29 bits per heavy atom. The molecule has 0 aromatic rings. The molecule has 0 aliphatic heterocycles. The van der Waals surface area contributed by atoms with E-state index in [2.05, 4.69) is 6.92 Å². The van der Waals surface area contributed by atoms with Gasteiger partial charge in [-0.15, -0.1) is 0 Å². The molecule has 0 unspecified atom stereocenters. The van der Waals surface area contributed by atoms with Crippen molar-refractivity contribution < 1.29 is 15.6 Å². The van der Waals surface area contributed by atoms with E-state index < -0.39 is 0 Å². The minimum Gasteiger partial charge on any atom is -0.633 e. The number of hydroxylamine groups is 3. The molecule has 0 fully saturated rings.